The highest BCUT2D eigenvalue weighted by Gasteiger charge is 2.22. The molecular formula is C14H9Br2F2NO2. The van der Waals surface area contributed by atoms with Crippen molar-refractivity contribution in [2.24, 2.45) is 0 Å². The fraction of sp³-hybridized carbons (Fsp3) is 0.143. The zero-order valence-electron chi connectivity index (χ0n) is 10.5. The lowest BCUT2D eigenvalue weighted by molar-refractivity contribution is -0.385. The maximum Gasteiger partial charge on any atom is 0.272 e. The van der Waals surface area contributed by atoms with Crippen LogP contribution in [0.2, 0.25) is 0 Å². The van der Waals surface area contributed by atoms with E-state index in [9.17, 15) is 18.9 Å². The van der Waals surface area contributed by atoms with Gasteiger partial charge in [-0.3, -0.25) is 10.1 Å². The standard InChI is InChI=1S/C14H9Br2F2NO2/c15-9-6-11(17)14(12(18)7-9)10(16)5-8-3-1-2-4-13(8)19(20)21/h1-4,6-7,10H,5H2. The number of hydrogen-bond acceptors (Lipinski definition) is 2. The van der Waals surface area contributed by atoms with Crippen molar-refractivity contribution in [3.05, 3.63) is 73.7 Å². The van der Waals surface area contributed by atoms with Gasteiger partial charge in [-0.25, -0.2) is 8.78 Å². The number of nitrogens with zero attached hydrogens (tertiary/aromatic N) is 1. The van der Waals surface area contributed by atoms with Crippen LogP contribution >= 0.6 is 31.9 Å². The lowest BCUT2D eigenvalue weighted by atomic mass is 10.0. The second-order valence-electron chi connectivity index (χ2n) is 4.34. The quantitative estimate of drug-likeness (QED) is 0.382. The van der Waals surface area contributed by atoms with E-state index in [1.807, 2.05) is 0 Å². The van der Waals surface area contributed by atoms with Gasteiger partial charge in [0.1, 0.15) is 11.6 Å². The minimum absolute atomic E-state index is 0.0696. The third-order valence-electron chi connectivity index (χ3n) is 2.94. The molecule has 0 fully saturated rings. The van der Waals surface area contributed by atoms with Crippen LogP contribution < -0.4 is 0 Å². The molecule has 0 aliphatic carbocycles. The fourth-order valence-corrected chi connectivity index (χ4v) is 3.20. The normalized spacial score (nSPS) is 12.2. The van der Waals surface area contributed by atoms with E-state index < -0.39 is 21.4 Å². The van der Waals surface area contributed by atoms with Gasteiger partial charge in [-0.1, -0.05) is 50.1 Å². The van der Waals surface area contributed by atoms with E-state index in [0.717, 1.165) is 12.1 Å². The largest absolute Gasteiger partial charge is 0.272 e. The Morgan fingerprint density at radius 3 is 2.33 bits per heavy atom. The third-order valence-corrected chi connectivity index (χ3v) is 4.18. The highest BCUT2D eigenvalue weighted by Crippen LogP contribution is 2.34. The van der Waals surface area contributed by atoms with Crippen molar-refractivity contribution in [3.8, 4) is 0 Å². The van der Waals surface area contributed by atoms with Crippen LogP contribution in [-0.2, 0) is 6.42 Å². The first-order chi connectivity index (χ1) is 9.90. The number of alkyl halides is 1. The first-order valence-corrected chi connectivity index (χ1v) is 7.62. The van der Waals surface area contributed by atoms with Crippen molar-refractivity contribution in [1.29, 1.82) is 0 Å². The van der Waals surface area contributed by atoms with Gasteiger partial charge in [-0.05, 0) is 18.6 Å². The molecule has 0 amide bonds. The average molecular weight is 421 g/mol. The molecule has 1 atom stereocenters. The Balaban J connectivity index is 2.35. The van der Waals surface area contributed by atoms with Crippen molar-refractivity contribution in [3.63, 3.8) is 0 Å². The summed E-state index contributed by atoms with van der Waals surface area (Å²) in [5.41, 5.74) is 0.197. The summed E-state index contributed by atoms with van der Waals surface area (Å²) in [6, 6.07) is 8.45. The van der Waals surface area contributed by atoms with E-state index >= 15 is 0 Å². The molecule has 7 heteroatoms. The number of hydrogen-bond donors (Lipinski definition) is 0. The summed E-state index contributed by atoms with van der Waals surface area (Å²) in [5, 5.41) is 11.0. The molecule has 0 saturated carbocycles. The molecule has 0 aliphatic heterocycles. The van der Waals surface area contributed by atoms with Gasteiger partial charge in [0.2, 0.25) is 0 Å². The Morgan fingerprint density at radius 1 is 1.19 bits per heavy atom. The van der Waals surface area contributed by atoms with Crippen LogP contribution in [0.25, 0.3) is 0 Å². The van der Waals surface area contributed by atoms with Crippen LogP contribution in [0.1, 0.15) is 16.0 Å². The lowest BCUT2D eigenvalue weighted by Gasteiger charge is -2.13. The number of para-hydroxylation sites is 1. The number of nitro benzene ring substituents is 1. The monoisotopic (exact) mass is 419 g/mol. The topological polar surface area (TPSA) is 43.1 Å². The maximum absolute atomic E-state index is 13.9. The zero-order valence-corrected chi connectivity index (χ0v) is 13.7. The molecule has 0 aromatic heterocycles. The molecule has 2 aromatic rings. The van der Waals surface area contributed by atoms with E-state index in [1.54, 1.807) is 18.2 Å². The summed E-state index contributed by atoms with van der Waals surface area (Å²) >= 11 is 6.22. The highest BCUT2D eigenvalue weighted by atomic mass is 79.9. The summed E-state index contributed by atoms with van der Waals surface area (Å²) in [6.45, 7) is 0. The predicted octanol–water partition coefficient (Wildman–Crippen LogP) is 5.31. The van der Waals surface area contributed by atoms with E-state index in [-0.39, 0.29) is 17.7 Å². The van der Waals surface area contributed by atoms with E-state index in [2.05, 4.69) is 31.9 Å². The summed E-state index contributed by atoms with van der Waals surface area (Å²) in [4.78, 5) is 9.74. The molecule has 0 bridgehead atoms. The van der Waals surface area contributed by atoms with Gasteiger partial charge in [0.25, 0.3) is 5.69 Å². The molecule has 0 saturated heterocycles. The van der Waals surface area contributed by atoms with Crippen LogP contribution in [0.4, 0.5) is 14.5 Å². The first kappa shape index (κ1) is 16.0. The Kier molecular flexibility index (Phi) is 5.05. The maximum atomic E-state index is 13.9. The van der Waals surface area contributed by atoms with Gasteiger partial charge < -0.3 is 0 Å². The van der Waals surface area contributed by atoms with Gasteiger partial charge in [-0.2, -0.15) is 0 Å². The van der Waals surface area contributed by atoms with Crippen molar-refractivity contribution in [2.45, 2.75) is 11.2 Å². The van der Waals surface area contributed by atoms with E-state index in [1.165, 1.54) is 6.07 Å². The Bertz CT molecular complexity index is 671. The smallest absolute Gasteiger partial charge is 0.258 e. The van der Waals surface area contributed by atoms with Crippen LogP contribution in [-0.4, -0.2) is 4.92 Å². The van der Waals surface area contributed by atoms with Gasteiger partial charge in [0, 0.05) is 26.5 Å². The minimum atomic E-state index is -0.706. The molecule has 2 aromatic carbocycles. The fourth-order valence-electron chi connectivity index (χ4n) is 2.01. The molecular weight excluding hydrogens is 412 g/mol. The van der Waals surface area contributed by atoms with E-state index in [0.29, 0.717) is 10.0 Å². The molecule has 0 radical (unpaired) electrons. The number of benzene rings is 2. The average Bonchev–Trinajstić information content (AvgIpc) is 2.37. The van der Waals surface area contributed by atoms with Gasteiger partial charge >= 0.3 is 0 Å². The number of halogens is 4. The third kappa shape index (κ3) is 3.65. The highest BCUT2D eigenvalue weighted by molar-refractivity contribution is 9.10. The van der Waals surface area contributed by atoms with Crippen molar-refractivity contribution in [1.82, 2.24) is 0 Å². The molecule has 3 nitrogen and oxygen atoms in total. The summed E-state index contributed by atoms with van der Waals surface area (Å²) in [5.74, 6) is -1.41. The Labute approximate surface area is 136 Å². The lowest BCUT2D eigenvalue weighted by Crippen LogP contribution is -2.04. The Hall–Kier alpha value is -1.34. The second kappa shape index (κ2) is 6.62. The van der Waals surface area contributed by atoms with Crippen molar-refractivity contribution < 1.29 is 13.7 Å². The van der Waals surface area contributed by atoms with Crippen LogP contribution in [0, 0.1) is 21.7 Å². The van der Waals surface area contributed by atoms with Crippen molar-refractivity contribution in [2.75, 3.05) is 0 Å². The first-order valence-electron chi connectivity index (χ1n) is 5.91. The van der Waals surface area contributed by atoms with Crippen LogP contribution in [0.5, 0.6) is 0 Å². The number of rotatable bonds is 4. The van der Waals surface area contributed by atoms with Gasteiger partial charge in [0.15, 0.2) is 0 Å². The SMILES string of the molecule is O=[N+]([O-])c1ccccc1CC(Br)c1c(F)cc(Br)cc1F. The molecule has 1 unspecified atom stereocenters. The number of nitro groups is 1. The molecule has 0 N–H and O–H groups in total. The minimum Gasteiger partial charge on any atom is -0.258 e. The van der Waals surface area contributed by atoms with Crippen LogP contribution in [0.15, 0.2) is 40.9 Å². The molecule has 2 rings (SSSR count). The van der Waals surface area contributed by atoms with E-state index in [4.69, 9.17) is 0 Å². The van der Waals surface area contributed by atoms with Crippen molar-refractivity contribution >= 4 is 37.5 Å². The molecule has 0 aliphatic rings. The molecule has 110 valence electrons. The molecule has 21 heavy (non-hydrogen) atoms. The van der Waals surface area contributed by atoms with Crippen LogP contribution in [0.3, 0.4) is 0 Å². The van der Waals surface area contributed by atoms with Gasteiger partial charge in [0.05, 0.1) is 4.92 Å². The zero-order chi connectivity index (χ0) is 15.6. The summed E-state index contributed by atoms with van der Waals surface area (Å²) < 4.78 is 28.1. The predicted molar refractivity (Wildman–Crippen MR) is 82.5 cm³/mol. The molecule has 0 spiro atoms. The Morgan fingerprint density at radius 2 is 1.76 bits per heavy atom. The molecule has 0 heterocycles. The van der Waals surface area contributed by atoms with Gasteiger partial charge in [-0.15, -0.1) is 0 Å². The second-order valence-corrected chi connectivity index (χ2v) is 6.36. The summed E-state index contributed by atoms with van der Waals surface area (Å²) in [7, 11) is 0. The summed E-state index contributed by atoms with van der Waals surface area (Å²) in [6.07, 6.45) is 0.104.